The molecule has 1 N–H and O–H groups in total. The maximum absolute atomic E-state index is 12.8. The van der Waals surface area contributed by atoms with Crippen LogP contribution in [0.1, 0.15) is 71.4 Å². The van der Waals surface area contributed by atoms with E-state index in [0.717, 1.165) is 79.6 Å². The van der Waals surface area contributed by atoms with Crippen molar-refractivity contribution in [1.82, 2.24) is 4.90 Å². The summed E-state index contributed by atoms with van der Waals surface area (Å²) in [5.74, 6) is -0.787. The van der Waals surface area contributed by atoms with E-state index in [1.165, 1.54) is 5.56 Å². The van der Waals surface area contributed by atoms with Gasteiger partial charge >= 0.3 is 6.09 Å². The van der Waals surface area contributed by atoms with Crippen molar-refractivity contribution < 1.29 is 40.0 Å². The van der Waals surface area contributed by atoms with Crippen LogP contribution >= 0.6 is 0 Å². The molecule has 3 aliphatic heterocycles. The highest BCUT2D eigenvalue weighted by atomic mass is 32.2. The summed E-state index contributed by atoms with van der Waals surface area (Å²) in [7, 11) is -8.54. The molecule has 0 unspecified atom stereocenters. The van der Waals surface area contributed by atoms with Crippen molar-refractivity contribution >= 4 is 65.0 Å². The van der Waals surface area contributed by atoms with Gasteiger partial charge in [0.1, 0.15) is 0 Å². The zero-order valence-electron chi connectivity index (χ0n) is 37.3. The number of carbonyl (C=O) groups is 1. The molecular weight excluding hydrogens is 849 g/mol. The predicted molar refractivity (Wildman–Crippen MR) is 254 cm³/mol. The number of anilines is 2. The number of hydrogen-bond acceptors (Lipinski definition) is 9. The summed E-state index contributed by atoms with van der Waals surface area (Å²) < 4.78 is 76.3. The Kier molecular flexibility index (Phi) is 12.5. The summed E-state index contributed by atoms with van der Waals surface area (Å²) in [4.78, 5) is 18.9. The molecule has 64 heavy (non-hydrogen) atoms. The molecule has 0 spiro atoms. The van der Waals surface area contributed by atoms with Crippen molar-refractivity contribution in [2.24, 2.45) is 0 Å². The van der Waals surface area contributed by atoms with E-state index < -0.39 is 36.8 Å². The molecule has 0 aromatic heterocycles. The maximum Gasteiger partial charge on any atom is 0.410 e. The zero-order chi connectivity index (χ0) is 45.6. The number of nitrogens with zero attached hydrogens (tertiary/aromatic N) is 4. The van der Waals surface area contributed by atoms with Gasteiger partial charge in [0.05, 0.1) is 35.6 Å². The molecule has 0 bridgehead atoms. The molecule has 3 heterocycles. The summed E-state index contributed by atoms with van der Waals surface area (Å²) in [6.45, 7) is 13.9. The highest BCUT2D eigenvalue weighted by Crippen LogP contribution is 2.52. The topological polar surface area (TPSA) is 151 Å². The Bertz CT molecular complexity index is 2730. The van der Waals surface area contributed by atoms with E-state index in [1.54, 1.807) is 11.8 Å². The first kappa shape index (κ1) is 45.3. The lowest BCUT2D eigenvalue weighted by molar-refractivity contribution is -0.537. The van der Waals surface area contributed by atoms with Crippen molar-refractivity contribution in [2.75, 3.05) is 67.2 Å². The summed E-state index contributed by atoms with van der Waals surface area (Å²) in [5.41, 5.74) is 8.90. The van der Waals surface area contributed by atoms with Crippen molar-refractivity contribution in [3.63, 3.8) is 0 Å². The van der Waals surface area contributed by atoms with E-state index in [9.17, 15) is 30.7 Å². The Labute approximate surface area is 377 Å². The third-order valence-electron chi connectivity index (χ3n) is 13.3. The Morgan fingerprint density at radius 2 is 1.19 bits per heavy atom. The highest BCUT2D eigenvalue weighted by Gasteiger charge is 2.43. The van der Waals surface area contributed by atoms with E-state index in [1.807, 2.05) is 24.3 Å². The summed E-state index contributed by atoms with van der Waals surface area (Å²) in [6, 6.07) is 25.0. The standard InChI is InChI=1S/C50H58N4O8S2/c1-6-62-48(55)52-31-29-51(30-32-52)47-37(21-25-43-49(2,3)45-39-15-9-7-13-35(39)19-23-41(45)53(43)27-11-33-63(56,57)58)17-18-38(47)22-26-44-50(4,5)46-40-16-10-8-14-36(40)20-24-42(46)54(44)28-12-34-64(59,60)61/h7-10,13-16,19-26H,6,11-12,17-18,27-34H2,1-5H3,(H-,56,57,58,59,60,61). The van der Waals surface area contributed by atoms with Crippen LogP contribution in [0.2, 0.25) is 0 Å². The van der Waals surface area contributed by atoms with Crippen LogP contribution in [0.15, 0.2) is 120 Å². The van der Waals surface area contributed by atoms with Gasteiger partial charge in [0, 0.05) is 63.6 Å². The lowest BCUT2D eigenvalue weighted by Gasteiger charge is -2.27. The summed E-state index contributed by atoms with van der Waals surface area (Å²) >= 11 is 0. The lowest BCUT2D eigenvalue weighted by Crippen LogP contribution is -2.47. The lowest BCUT2D eigenvalue weighted by atomic mass is 9.81. The Hall–Kier alpha value is -5.28. The number of rotatable bonds is 11. The number of amides is 1. The largest absolute Gasteiger partial charge is 0.748 e. The highest BCUT2D eigenvalue weighted by molar-refractivity contribution is 7.85. The van der Waals surface area contributed by atoms with Crippen molar-refractivity contribution in [2.45, 2.75) is 71.1 Å². The molecular formula is C50H58N4O8S2. The number of piperazine rings is 1. The first-order chi connectivity index (χ1) is 30.4. The van der Waals surface area contributed by atoms with Crippen molar-refractivity contribution in [3.05, 3.63) is 131 Å². The van der Waals surface area contributed by atoms with Gasteiger partial charge in [0.25, 0.3) is 10.1 Å². The Morgan fingerprint density at radius 1 is 0.719 bits per heavy atom. The van der Waals surface area contributed by atoms with Crippen LogP contribution in [0.3, 0.4) is 0 Å². The number of carbonyl (C=O) groups excluding carboxylic acids is 1. The van der Waals surface area contributed by atoms with E-state index in [0.29, 0.717) is 45.9 Å². The second-order valence-electron chi connectivity index (χ2n) is 18.2. The van der Waals surface area contributed by atoms with Gasteiger partial charge in [-0.1, -0.05) is 101 Å². The van der Waals surface area contributed by atoms with Crippen molar-refractivity contribution in [3.8, 4) is 0 Å². The van der Waals surface area contributed by atoms with Crippen LogP contribution in [0.25, 0.3) is 21.5 Å². The van der Waals surface area contributed by atoms with Gasteiger partial charge in [-0.2, -0.15) is 8.42 Å². The van der Waals surface area contributed by atoms with Gasteiger partial charge in [0.15, 0.2) is 13.1 Å². The first-order valence-electron chi connectivity index (χ1n) is 22.2. The average molecular weight is 907 g/mol. The third-order valence-corrected chi connectivity index (χ3v) is 14.9. The van der Waals surface area contributed by atoms with Crippen molar-refractivity contribution in [1.29, 1.82) is 0 Å². The molecule has 4 aliphatic rings. The minimum atomic E-state index is -4.39. The third kappa shape index (κ3) is 8.89. The van der Waals surface area contributed by atoms with Gasteiger partial charge in [-0.3, -0.25) is 9.45 Å². The van der Waals surface area contributed by atoms with E-state index >= 15 is 0 Å². The molecule has 0 atom stereocenters. The molecule has 12 nitrogen and oxygen atoms in total. The number of allylic oxidation sites excluding steroid dienone is 8. The number of ether oxygens (including phenoxy) is 1. The molecule has 1 amide bonds. The molecule has 1 saturated carbocycles. The first-order valence-corrected chi connectivity index (χ1v) is 25.4. The number of hydrogen-bond donors (Lipinski definition) is 1. The van der Waals surface area contributed by atoms with Crippen LogP contribution < -0.4 is 9.80 Å². The van der Waals surface area contributed by atoms with Gasteiger partial charge in [0.2, 0.25) is 5.71 Å². The molecule has 4 aromatic carbocycles. The van der Waals surface area contributed by atoms with Gasteiger partial charge < -0.3 is 19.1 Å². The smallest absolute Gasteiger partial charge is 0.410 e. The monoisotopic (exact) mass is 906 g/mol. The molecule has 338 valence electrons. The van der Waals surface area contributed by atoms with Crippen LogP contribution in [0.5, 0.6) is 0 Å². The molecule has 1 aliphatic carbocycles. The minimum absolute atomic E-state index is 0.189. The van der Waals surface area contributed by atoms with Crippen LogP contribution in [-0.2, 0) is 35.8 Å². The van der Waals surface area contributed by atoms with Gasteiger partial charge in [-0.25, -0.2) is 17.8 Å². The second-order valence-corrected chi connectivity index (χ2v) is 21.3. The Balaban J connectivity index is 1.22. The Morgan fingerprint density at radius 3 is 1.64 bits per heavy atom. The predicted octanol–water partition coefficient (Wildman–Crippen LogP) is 8.44. The van der Waals surface area contributed by atoms with E-state index in [4.69, 9.17) is 4.74 Å². The summed E-state index contributed by atoms with van der Waals surface area (Å²) in [6.07, 6.45) is 10.4. The van der Waals surface area contributed by atoms with Crippen LogP contribution in [0, 0.1) is 0 Å². The van der Waals surface area contributed by atoms with Gasteiger partial charge in [-0.05, 0) is 89.6 Å². The quantitative estimate of drug-likeness (QED) is 0.115. The average Bonchev–Trinajstić information content (AvgIpc) is 3.82. The summed E-state index contributed by atoms with van der Waals surface area (Å²) in [5, 5.41) is 4.51. The molecule has 14 heteroatoms. The molecule has 1 saturated heterocycles. The fourth-order valence-electron chi connectivity index (χ4n) is 10.5. The number of benzene rings is 4. The zero-order valence-corrected chi connectivity index (χ0v) is 39.0. The molecule has 0 radical (unpaired) electrons. The molecule has 2 fully saturated rings. The number of fused-ring (bicyclic) bond motifs is 6. The van der Waals surface area contributed by atoms with E-state index in [-0.39, 0.29) is 24.7 Å². The van der Waals surface area contributed by atoms with Crippen LogP contribution in [-0.4, -0.2) is 105 Å². The second kappa shape index (κ2) is 17.6. The molecule has 4 aromatic rings. The minimum Gasteiger partial charge on any atom is -0.748 e. The fraction of sp³-hybridized carbons (Fsp3) is 0.400. The maximum atomic E-state index is 12.8. The van der Waals surface area contributed by atoms with Gasteiger partial charge in [-0.15, -0.1) is 0 Å². The molecule has 8 rings (SSSR count). The SMILES string of the molecule is CCOC(=O)N1CC[N+](=C2/C(=C/C=C3/N(CCCS(=O)(=O)[O-])c4ccc5ccccc5c4C3(C)C)CC/C2=C\C=C2\N(CCCS(=O)(=O)O)c3ccc4ccccc4c3C2(C)C)CC1. The van der Waals surface area contributed by atoms with Crippen LogP contribution in [0.4, 0.5) is 16.2 Å². The normalized spacial score (nSPS) is 21.0. The van der Waals surface area contributed by atoms with E-state index in [2.05, 4.69) is 115 Å². The fourth-order valence-corrected chi connectivity index (χ4v) is 11.5.